The van der Waals surface area contributed by atoms with E-state index in [0.29, 0.717) is 19.7 Å². The van der Waals surface area contributed by atoms with Crippen molar-refractivity contribution in [3.8, 4) is 11.5 Å². The van der Waals surface area contributed by atoms with E-state index in [9.17, 15) is 4.79 Å². The van der Waals surface area contributed by atoms with Gasteiger partial charge in [-0.15, -0.1) is 0 Å². The summed E-state index contributed by atoms with van der Waals surface area (Å²) in [6, 6.07) is 15.4. The van der Waals surface area contributed by atoms with Crippen LogP contribution >= 0.6 is 11.3 Å². The Morgan fingerprint density at radius 1 is 1.04 bits per heavy atom. The number of benzene rings is 2. The van der Waals surface area contributed by atoms with E-state index in [2.05, 4.69) is 4.90 Å². The molecule has 1 aliphatic heterocycles. The van der Waals surface area contributed by atoms with E-state index in [1.807, 2.05) is 60.4 Å². The van der Waals surface area contributed by atoms with Crippen molar-refractivity contribution in [3.63, 3.8) is 0 Å². The van der Waals surface area contributed by atoms with Gasteiger partial charge in [-0.1, -0.05) is 29.5 Å². The maximum atomic E-state index is 12.4. The van der Waals surface area contributed by atoms with Gasteiger partial charge in [-0.3, -0.25) is 4.79 Å². The first-order valence-corrected chi connectivity index (χ1v) is 10.3. The zero-order chi connectivity index (χ0) is 19.3. The number of hydrogen-bond acceptors (Lipinski definition) is 6. The highest BCUT2D eigenvalue weighted by Gasteiger charge is 2.23. The number of ether oxygens (including phenoxy) is 2. The summed E-state index contributed by atoms with van der Waals surface area (Å²) >= 11 is 1.67. The minimum atomic E-state index is 0.0224. The Morgan fingerprint density at radius 2 is 1.82 bits per heavy atom. The van der Waals surface area contributed by atoms with Gasteiger partial charge in [-0.25, -0.2) is 4.98 Å². The minimum absolute atomic E-state index is 0.0224. The molecule has 1 saturated heterocycles. The van der Waals surface area contributed by atoms with Gasteiger partial charge in [0.1, 0.15) is 11.5 Å². The number of rotatable bonds is 6. The third-order valence-electron chi connectivity index (χ3n) is 4.67. The Labute approximate surface area is 168 Å². The lowest BCUT2D eigenvalue weighted by atomic mass is 10.3. The van der Waals surface area contributed by atoms with Crippen molar-refractivity contribution in [2.24, 2.45) is 0 Å². The second kappa shape index (κ2) is 8.48. The molecule has 0 spiro atoms. The van der Waals surface area contributed by atoms with Crippen LogP contribution < -0.4 is 14.4 Å². The number of aromatic nitrogens is 1. The van der Waals surface area contributed by atoms with Crippen molar-refractivity contribution in [2.45, 2.75) is 6.92 Å². The van der Waals surface area contributed by atoms with Crippen LogP contribution in [0.15, 0.2) is 48.5 Å². The summed E-state index contributed by atoms with van der Waals surface area (Å²) in [5, 5.41) is 0.997. The number of nitrogens with zero attached hydrogens (tertiary/aromatic N) is 3. The monoisotopic (exact) mass is 397 g/mol. The van der Waals surface area contributed by atoms with Crippen LogP contribution in [0.1, 0.15) is 6.92 Å². The van der Waals surface area contributed by atoms with Gasteiger partial charge in [0, 0.05) is 26.2 Å². The summed E-state index contributed by atoms with van der Waals surface area (Å²) in [4.78, 5) is 21.3. The summed E-state index contributed by atoms with van der Waals surface area (Å²) in [6.07, 6.45) is 0. The van der Waals surface area contributed by atoms with Gasteiger partial charge < -0.3 is 19.3 Å². The Balaban J connectivity index is 1.33. The molecule has 1 aromatic heterocycles. The lowest BCUT2D eigenvalue weighted by Gasteiger charge is -2.34. The smallest absolute Gasteiger partial charge is 0.260 e. The van der Waals surface area contributed by atoms with E-state index in [0.717, 1.165) is 39.9 Å². The fourth-order valence-corrected chi connectivity index (χ4v) is 4.23. The van der Waals surface area contributed by atoms with Crippen LogP contribution in [-0.2, 0) is 4.79 Å². The molecule has 1 fully saturated rings. The van der Waals surface area contributed by atoms with E-state index in [4.69, 9.17) is 14.5 Å². The number of para-hydroxylation sites is 1. The highest BCUT2D eigenvalue weighted by Crippen LogP contribution is 2.32. The van der Waals surface area contributed by atoms with Crippen molar-refractivity contribution < 1.29 is 14.3 Å². The molecule has 1 aliphatic rings. The van der Waals surface area contributed by atoms with Crippen molar-refractivity contribution in [1.29, 1.82) is 0 Å². The molecule has 28 heavy (non-hydrogen) atoms. The Bertz CT molecular complexity index is 936. The molecule has 0 bridgehead atoms. The van der Waals surface area contributed by atoms with E-state index in [1.165, 1.54) is 0 Å². The van der Waals surface area contributed by atoms with Gasteiger partial charge in [0.05, 0.1) is 16.8 Å². The summed E-state index contributed by atoms with van der Waals surface area (Å²) in [5.74, 6) is 1.61. The maximum Gasteiger partial charge on any atom is 0.260 e. The number of hydrogen-bond donors (Lipinski definition) is 0. The van der Waals surface area contributed by atoms with Crippen LogP contribution in [0.4, 0.5) is 5.13 Å². The van der Waals surface area contributed by atoms with Crippen molar-refractivity contribution >= 4 is 32.6 Å². The van der Waals surface area contributed by atoms with Gasteiger partial charge in [0.15, 0.2) is 11.7 Å². The molecule has 0 atom stereocenters. The first-order chi connectivity index (χ1) is 13.7. The van der Waals surface area contributed by atoms with Gasteiger partial charge in [0.25, 0.3) is 5.91 Å². The quantitative estimate of drug-likeness (QED) is 0.638. The third-order valence-corrected chi connectivity index (χ3v) is 5.75. The average Bonchev–Trinajstić information content (AvgIpc) is 3.16. The molecular formula is C21H23N3O3S. The van der Waals surface area contributed by atoms with Gasteiger partial charge >= 0.3 is 0 Å². The molecule has 2 aromatic carbocycles. The number of carbonyl (C=O) groups excluding carboxylic acids is 1. The standard InChI is InChI=1S/C21H23N3O3S/c1-2-26-17-8-9-18-19(14-17)28-21(22-18)24-12-10-23(11-13-24)20(25)15-27-16-6-4-3-5-7-16/h3-9,14H,2,10-13,15H2,1H3. The topological polar surface area (TPSA) is 54.9 Å². The summed E-state index contributed by atoms with van der Waals surface area (Å²) < 4.78 is 12.3. The largest absolute Gasteiger partial charge is 0.494 e. The van der Waals surface area contributed by atoms with E-state index in [1.54, 1.807) is 11.3 Å². The molecule has 0 aliphatic carbocycles. The van der Waals surface area contributed by atoms with Crippen LogP contribution in [-0.4, -0.2) is 55.2 Å². The number of amides is 1. The molecule has 0 radical (unpaired) electrons. The molecule has 0 N–H and O–H groups in total. The normalized spacial score (nSPS) is 14.3. The predicted molar refractivity (Wildman–Crippen MR) is 112 cm³/mol. The van der Waals surface area contributed by atoms with Crippen LogP contribution in [0.3, 0.4) is 0 Å². The average molecular weight is 398 g/mol. The Kier molecular flexibility index (Phi) is 5.62. The lowest BCUT2D eigenvalue weighted by molar-refractivity contribution is -0.133. The van der Waals surface area contributed by atoms with E-state index >= 15 is 0 Å². The molecule has 4 rings (SSSR count). The molecule has 7 heteroatoms. The van der Waals surface area contributed by atoms with Crippen LogP contribution in [0.5, 0.6) is 11.5 Å². The summed E-state index contributed by atoms with van der Waals surface area (Å²) in [7, 11) is 0. The van der Waals surface area contributed by atoms with Crippen molar-refractivity contribution in [2.75, 3.05) is 44.3 Å². The highest BCUT2D eigenvalue weighted by molar-refractivity contribution is 7.22. The number of fused-ring (bicyclic) bond motifs is 1. The third kappa shape index (κ3) is 4.20. The van der Waals surface area contributed by atoms with Crippen LogP contribution in [0.25, 0.3) is 10.2 Å². The van der Waals surface area contributed by atoms with Gasteiger partial charge in [-0.2, -0.15) is 0 Å². The SMILES string of the molecule is CCOc1ccc2nc(N3CCN(C(=O)COc4ccccc4)CC3)sc2c1. The Morgan fingerprint density at radius 3 is 2.57 bits per heavy atom. The Hall–Kier alpha value is -2.80. The molecule has 3 aromatic rings. The lowest BCUT2D eigenvalue weighted by Crippen LogP contribution is -2.50. The fraction of sp³-hybridized carbons (Fsp3) is 0.333. The molecule has 0 saturated carbocycles. The fourth-order valence-electron chi connectivity index (χ4n) is 3.18. The first-order valence-electron chi connectivity index (χ1n) is 9.47. The summed E-state index contributed by atoms with van der Waals surface area (Å²) in [6.45, 7) is 5.61. The molecule has 1 amide bonds. The zero-order valence-corrected chi connectivity index (χ0v) is 16.7. The van der Waals surface area contributed by atoms with E-state index < -0.39 is 0 Å². The second-order valence-electron chi connectivity index (χ2n) is 6.53. The number of piperazine rings is 1. The van der Waals surface area contributed by atoms with E-state index in [-0.39, 0.29) is 12.5 Å². The number of carbonyl (C=O) groups is 1. The van der Waals surface area contributed by atoms with Crippen molar-refractivity contribution in [1.82, 2.24) is 9.88 Å². The molecule has 0 unspecified atom stereocenters. The molecule has 2 heterocycles. The number of anilines is 1. The summed E-state index contributed by atoms with van der Waals surface area (Å²) in [5.41, 5.74) is 0.984. The highest BCUT2D eigenvalue weighted by atomic mass is 32.1. The molecule has 6 nitrogen and oxygen atoms in total. The van der Waals surface area contributed by atoms with Crippen LogP contribution in [0.2, 0.25) is 0 Å². The maximum absolute atomic E-state index is 12.4. The van der Waals surface area contributed by atoms with Crippen molar-refractivity contribution in [3.05, 3.63) is 48.5 Å². The van der Waals surface area contributed by atoms with Crippen LogP contribution in [0, 0.1) is 0 Å². The first kappa shape index (κ1) is 18.6. The predicted octanol–water partition coefficient (Wildman–Crippen LogP) is 3.42. The number of thiazole rings is 1. The molecule has 146 valence electrons. The molecular weight excluding hydrogens is 374 g/mol. The minimum Gasteiger partial charge on any atom is -0.494 e. The second-order valence-corrected chi connectivity index (χ2v) is 7.54. The zero-order valence-electron chi connectivity index (χ0n) is 15.8. The van der Waals surface area contributed by atoms with Gasteiger partial charge in [-0.05, 0) is 37.3 Å². The van der Waals surface area contributed by atoms with Gasteiger partial charge in [0.2, 0.25) is 0 Å².